The lowest BCUT2D eigenvalue weighted by molar-refractivity contribution is 0.704. The summed E-state index contributed by atoms with van der Waals surface area (Å²) < 4.78 is 4.84. The van der Waals surface area contributed by atoms with Gasteiger partial charge in [-0.3, -0.25) is 13.9 Å². The number of nitrogens with zero attached hydrogens (tertiary/aromatic N) is 3. The molecule has 28 heavy (non-hydrogen) atoms. The van der Waals surface area contributed by atoms with Crippen molar-refractivity contribution < 1.29 is 0 Å². The van der Waals surface area contributed by atoms with Crippen molar-refractivity contribution in [1.82, 2.24) is 13.7 Å². The highest BCUT2D eigenvalue weighted by molar-refractivity contribution is 5.93. The number of benzene rings is 2. The average Bonchev–Trinajstić information content (AvgIpc) is 3.09. The molecule has 142 valence electrons. The Bertz CT molecular complexity index is 1280. The van der Waals surface area contributed by atoms with Crippen molar-refractivity contribution in [3.05, 3.63) is 92.8 Å². The second-order valence-corrected chi connectivity index (χ2v) is 7.24. The van der Waals surface area contributed by atoms with Crippen LogP contribution in [-0.4, -0.2) is 13.7 Å². The Hall–Kier alpha value is -3.34. The molecule has 0 aliphatic rings. The molecule has 4 rings (SSSR count). The molecule has 0 fully saturated rings. The summed E-state index contributed by atoms with van der Waals surface area (Å²) in [5.74, 6) is 0. The molecule has 0 bridgehead atoms. The van der Waals surface area contributed by atoms with Gasteiger partial charge in [0.2, 0.25) is 0 Å². The second kappa shape index (κ2) is 7.00. The zero-order valence-electron chi connectivity index (χ0n) is 16.3. The third-order valence-corrected chi connectivity index (χ3v) is 5.29. The fourth-order valence-electron chi connectivity index (χ4n) is 3.76. The van der Waals surface area contributed by atoms with E-state index >= 15 is 0 Å². The van der Waals surface area contributed by atoms with Gasteiger partial charge in [-0.05, 0) is 30.5 Å². The lowest BCUT2D eigenvalue weighted by atomic mass is 10.1. The predicted molar refractivity (Wildman–Crippen MR) is 113 cm³/mol. The lowest BCUT2D eigenvalue weighted by Crippen LogP contribution is -2.36. The van der Waals surface area contributed by atoms with Crippen molar-refractivity contribution in [3.63, 3.8) is 0 Å². The Morgan fingerprint density at radius 3 is 2.36 bits per heavy atom. The molecule has 0 spiro atoms. The van der Waals surface area contributed by atoms with Crippen molar-refractivity contribution in [2.24, 2.45) is 14.1 Å². The lowest BCUT2D eigenvalue weighted by Gasteiger charge is -2.11. The summed E-state index contributed by atoms with van der Waals surface area (Å²) in [6.07, 6.45) is 2.77. The summed E-state index contributed by atoms with van der Waals surface area (Å²) in [5, 5.41) is 0.586. The molecule has 0 amide bonds. The van der Waals surface area contributed by atoms with Crippen molar-refractivity contribution in [3.8, 4) is 11.3 Å². The van der Waals surface area contributed by atoms with Gasteiger partial charge in [-0.15, -0.1) is 0 Å². The van der Waals surface area contributed by atoms with E-state index in [1.54, 1.807) is 11.6 Å². The summed E-state index contributed by atoms with van der Waals surface area (Å²) in [7, 11) is 3.25. The molecule has 0 radical (unpaired) electrons. The van der Waals surface area contributed by atoms with Gasteiger partial charge in [0.25, 0.3) is 5.56 Å². The van der Waals surface area contributed by atoms with E-state index < -0.39 is 0 Å². The summed E-state index contributed by atoms with van der Waals surface area (Å²) in [4.78, 5) is 25.4. The first kappa shape index (κ1) is 18.0. The Balaban J connectivity index is 1.97. The molecule has 0 aliphatic carbocycles. The third kappa shape index (κ3) is 2.99. The minimum Gasteiger partial charge on any atom is -0.344 e. The maximum atomic E-state index is 13.0. The van der Waals surface area contributed by atoms with Crippen molar-refractivity contribution in [1.29, 1.82) is 0 Å². The second-order valence-electron chi connectivity index (χ2n) is 7.24. The normalized spacial score (nSPS) is 11.2. The fourth-order valence-corrected chi connectivity index (χ4v) is 3.76. The van der Waals surface area contributed by atoms with Gasteiger partial charge in [0.1, 0.15) is 0 Å². The van der Waals surface area contributed by atoms with Gasteiger partial charge in [0, 0.05) is 26.8 Å². The highest BCUT2D eigenvalue weighted by Gasteiger charge is 2.19. The molecule has 0 atom stereocenters. The smallest absolute Gasteiger partial charge is 0.330 e. The van der Waals surface area contributed by atoms with Gasteiger partial charge in [0.05, 0.1) is 16.6 Å². The summed E-state index contributed by atoms with van der Waals surface area (Å²) >= 11 is 0. The standard InChI is InChI=1S/C23H23N3O2/c1-16-8-7-11-18(14-16)21-20-19(24(2)23(28)25(3)22(20)27)15-26(21)13-12-17-9-5-4-6-10-17/h4-11,14-15H,12-13H2,1-3H3. The first-order valence-corrected chi connectivity index (χ1v) is 9.37. The monoisotopic (exact) mass is 373 g/mol. The van der Waals surface area contributed by atoms with E-state index in [-0.39, 0.29) is 11.2 Å². The van der Waals surface area contributed by atoms with Crippen LogP contribution in [0.5, 0.6) is 0 Å². The van der Waals surface area contributed by atoms with Gasteiger partial charge >= 0.3 is 5.69 Å². The number of rotatable bonds is 4. The molecular weight excluding hydrogens is 350 g/mol. The number of hydrogen-bond acceptors (Lipinski definition) is 2. The Labute approximate surface area is 163 Å². The zero-order chi connectivity index (χ0) is 19.8. The maximum absolute atomic E-state index is 13.0. The Kier molecular flexibility index (Phi) is 4.51. The van der Waals surface area contributed by atoms with E-state index in [4.69, 9.17) is 0 Å². The first-order valence-electron chi connectivity index (χ1n) is 9.37. The highest BCUT2D eigenvalue weighted by atomic mass is 16.2. The molecule has 2 aromatic heterocycles. The van der Waals surface area contributed by atoms with E-state index in [0.717, 1.165) is 29.8 Å². The SMILES string of the molecule is Cc1cccc(-c2c3c(=O)n(C)c(=O)n(C)c3cn2CCc2ccccc2)c1. The van der Waals surface area contributed by atoms with Gasteiger partial charge in [-0.25, -0.2) is 4.79 Å². The number of hydrogen-bond donors (Lipinski definition) is 0. The van der Waals surface area contributed by atoms with Crippen LogP contribution in [0, 0.1) is 6.92 Å². The van der Waals surface area contributed by atoms with Gasteiger partial charge in [-0.2, -0.15) is 0 Å². The summed E-state index contributed by atoms with van der Waals surface area (Å²) in [5.41, 5.74) is 4.31. The molecule has 0 saturated carbocycles. The molecule has 2 aromatic carbocycles. The molecular formula is C23H23N3O2. The van der Waals surface area contributed by atoms with Crippen LogP contribution in [0.4, 0.5) is 0 Å². The van der Waals surface area contributed by atoms with Crippen LogP contribution >= 0.6 is 0 Å². The van der Waals surface area contributed by atoms with E-state index in [0.29, 0.717) is 10.9 Å². The van der Waals surface area contributed by atoms with Crippen LogP contribution in [0.15, 0.2) is 70.4 Å². The van der Waals surface area contributed by atoms with E-state index in [9.17, 15) is 9.59 Å². The summed E-state index contributed by atoms with van der Waals surface area (Å²) in [6.45, 7) is 2.76. The minimum absolute atomic E-state index is 0.256. The highest BCUT2D eigenvalue weighted by Crippen LogP contribution is 2.29. The topological polar surface area (TPSA) is 48.9 Å². The van der Waals surface area contributed by atoms with Crippen molar-refractivity contribution in [2.45, 2.75) is 19.9 Å². The van der Waals surface area contributed by atoms with E-state index in [1.807, 2.05) is 49.5 Å². The average molecular weight is 373 g/mol. The molecule has 5 nitrogen and oxygen atoms in total. The third-order valence-electron chi connectivity index (χ3n) is 5.29. The quantitative estimate of drug-likeness (QED) is 0.551. The Morgan fingerprint density at radius 1 is 0.893 bits per heavy atom. The number of fused-ring (bicyclic) bond motifs is 1. The predicted octanol–water partition coefficient (Wildman–Crippen LogP) is 3.26. The van der Waals surface area contributed by atoms with Crippen LogP contribution < -0.4 is 11.2 Å². The summed E-state index contributed by atoms with van der Waals surface area (Å²) in [6, 6.07) is 18.4. The van der Waals surface area contributed by atoms with Gasteiger partial charge in [-0.1, -0.05) is 54.1 Å². The van der Waals surface area contributed by atoms with Crippen LogP contribution in [0.2, 0.25) is 0 Å². The van der Waals surface area contributed by atoms with Crippen LogP contribution in [0.25, 0.3) is 22.2 Å². The molecule has 0 saturated heterocycles. The molecule has 0 unspecified atom stereocenters. The van der Waals surface area contributed by atoms with Crippen LogP contribution in [0.3, 0.4) is 0 Å². The van der Waals surface area contributed by atoms with Crippen molar-refractivity contribution >= 4 is 10.9 Å². The fraction of sp³-hybridized carbons (Fsp3) is 0.217. The number of aromatic nitrogens is 3. The van der Waals surface area contributed by atoms with Crippen LogP contribution in [-0.2, 0) is 27.1 Å². The Morgan fingerprint density at radius 2 is 1.64 bits per heavy atom. The van der Waals surface area contributed by atoms with E-state index in [1.165, 1.54) is 17.2 Å². The maximum Gasteiger partial charge on any atom is 0.330 e. The van der Waals surface area contributed by atoms with Crippen LogP contribution in [0.1, 0.15) is 11.1 Å². The van der Waals surface area contributed by atoms with E-state index in [2.05, 4.69) is 22.8 Å². The van der Waals surface area contributed by atoms with Gasteiger partial charge in [0.15, 0.2) is 0 Å². The molecule has 0 N–H and O–H groups in total. The largest absolute Gasteiger partial charge is 0.344 e. The molecule has 0 aliphatic heterocycles. The first-order chi connectivity index (χ1) is 13.5. The van der Waals surface area contributed by atoms with Gasteiger partial charge < -0.3 is 4.57 Å². The van der Waals surface area contributed by atoms with Crippen molar-refractivity contribution in [2.75, 3.05) is 0 Å². The molecule has 4 aromatic rings. The number of aryl methyl sites for hydroxylation is 4. The minimum atomic E-state index is -0.312. The zero-order valence-corrected chi connectivity index (χ0v) is 16.3. The molecule has 2 heterocycles. The molecule has 5 heteroatoms.